The summed E-state index contributed by atoms with van der Waals surface area (Å²) < 4.78 is 0. The molecule has 2 unspecified atom stereocenters. The van der Waals surface area contributed by atoms with Crippen LogP contribution in [0.1, 0.15) is 52.4 Å². The van der Waals surface area contributed by atoms with E-state index in [1.165, 1.54) is 6.42 Å². The van der Waals surface area contributed by atoms with Crippen molar-refractivity contribution in [3.63, 3.8) is 0 Å². The second kappa shape index (κ2) is 6.57. The monoisotopic (exact) mass is 281 g/mol. The van der Waals surface area contributed by atoms with Gasteiger partial charge in [-0.15, -0.1) is 0 Å². The summed E-state index contributed by atoms with van der Waals surface area (Å²) in [5, 5.41) is 6.22. The minimum Gasteiger partial charge on any atom is -0.343 e. The van der Waals surface area contributed by atoms with Crippen LogP contribution in [-0.4, -0.2) is 47.9 Å². The number of nitrogens with one attached hydrogen (secondary N) is 2. The van der Waals surface area contributed by atoms with Gasteiger partial charge in [-0.25, -0.2) is 0 Å². The third-order valence-corrected chi connectivity index (χ3v) is 4.67. The Morgan fingerprint density at radius 1 is 1.25 bits per heavy atom. The highest BCUT2D eigenvalue weighted by Gasteiger charge is 2.40. The van der Waals surface area contributed by atoms with Crippen LogP contribution in [0.3, 0.4) is 0 Å². The van der Waals surface area contributed by atoms with E-state index in [0.717, 1.165) is 51.7 Å². The molecule has 0 bridgehead atoms. The Morgan fingerprint density at radius 3 is 2.50 bits per heavy atom. The summed E-state index contributed by atoms with van der Waals surface area (Å²) >= 11 is 0. The topological polar surface area (TPSA) is 61.4 Å². The van der Waals surface area contributed by atoms with E-state index in [-0.39, 0.29) is 11.8 Å². The Labute approximate surface area is 121 Å². The molecule has 0 aromatic carbocycles. The zero-order valence-corrected chi connectivity index (χ0v) is 12.7. The van der Waals surface area contributed by atoms with Gasteiger partial charge in [-0.3, -0.25) is 9.59 Å². The Bertz CT molecular complexity index is 358. The highest BCUT2D eigenvalue weighted by atomic mass is 16.2. The molecule has 0 spiro atoms. The summed E-state index contributed by atoms with van der Waals surface area (Å²) in [7, 11) is 0. The summed E-state index contributed by atoms with van der Waals surface area (Å²) in [6, 6.07) is -0.425. The third-order valence-electron chi connectivity index (χ3n) is 4.67. The third kappa shape index (κ3) is 3.14. The number of hydrogen-bond acceptors (Lipinski definition) is 3. The second-order valence-electron chi connectivity index (χ2n) is 6.05. The van der Waals surface area contributed by atoms with Crippen LogP contribution in [0.2, 0.25) is 0 Å². The molecule has 0 aromatic heterocycles. The number of carbonyl (C=O) groups is 2. The standard InChI is InChI=1S/C15H27N3O2/c1-3-15(8-7-9-16-15)14(20)17-12(2)13(19)18-10-5-4-6-11-18/h12,16H,3-11H2,1-2H3,(H,17,20). The fourth-order valence-electron chi connectivity index (χ4n) is 3.25. The van der Waals surface area contributed by atoms with E-state index in [1.807, 2.05) is 11.8 Å². The predicted octanol–water partition coefficient (Wildman–Crippen LogP) is 1.04. The molecule has 2 amide bonds. The molecule has 5 nitrogen and oxygen atoms in total. The summed E-state index contributed by atoms with van der Waals surface area (Å²) in [6.07, 6.45) is 6.01. The van der Waals surface area contributed by atoms with Crippen LogP contribution in [0.15, 0.2) is 0 Å². The highest BCUT2D eigenvalue weighted by Crippen LogP contribution is 2.23. The number of rotatable bonds is 4. The van der Waals surface area contributed by atoms with Gasteiger partial charge in [0.2, 0.25) is 11.8 Å². The lowest BCUT2D eigenvalue weighted by Gasteiger charge is -2.32. The van der Waals surface area contributed by atoms with E-state index in [1.54, 1.807) is 6.92 Å². The Kier molecular flexibility index (Phi) is 5.02. The van der Waals surface area contributed by atoms with Crippen molar-refractivity contribution >= 4 is 11.8 Å². The maximum Gasteiger partial charge on any atom is 0.244 e. The van der Waals surface area contributed by atoms with E-state index in [9.17, 15) is 9.59 Å². The van der Waals surface area contributed by atoms with E-state index in [4.69, 9.17) is 0 Å². The van der Waals surface area contributed by atoms with Gasteiger partial charge in [0.15, 0.2) is 0 Å². The molecule has 2 heterocycles. The molecule has 2 saturated heterocycles. The second-order valence-corrected chi connectivity index (χ2v) is 6.05. The van der Waals surface area contributed by atoms with Crippen molar-refractivity contribution in [2.75, 3.05) is 19.6 Å². The van der Waals surface area contributed by atoms with Crippen molar-refractivity contribution in [1.82, 2.24) is 15.5 Å². The molecule has 0 radical (unpaired) electrons. The first-order chi connectivity index (χ1) is 9.59. The molecule has 2 rings (SSSR count). The molecular weight excluding hydrogens is 254 g/mol. The van der Waals surface area contributed by atoms with Crippen molar-refractivity contribution in [3.05, 3.63) is 0 Å². The minimum absolute atomic E-state index is 0.0182. The Balaban J connectivity index is 1.91. The first-order valence-corrected chi connectivity index (χ1v) is 7.94. The molecule has 0 aliphatic carbocycles. The zero-order chi connectivity index (χ0) is 14.6. The number of nitrogens with zero attached hydrogens (tertiary/aromatic N) is 1. The van der Waals surface area contributed by atoms with E-state index in [0.29, 0.717) is 0 Å². The lowest BCUT2D eigenvalue weighted by Crippen LogP contribution is -2.58. The van der Waals surface area contributed by atoms with Crippen molar-refractivity contribution in [2.45, 2.75) is 64.0 Å². The number of amides is 2. The van der Waals surface area contributed by atoms with Crippen LogP contribution in [0, 0.1) is 0 Å². The first-order valence-electron chi connectivity index (χ1n) is 7.94. The molecule has 0 aromatic rings. The number of carbonyl (C=O) groups excluding carboxylic acids is 2. The normalized spacial score (nSPS) is 28.2. The van der Waals surface area contributed by atoms with E-state index >= 15 is 0 Å². The maximum atomic E-state index is 12.5. The average molecular weight is 281 g/mol. The number of likely N-dealkylation sites (tertiary alicyclic amines) is 1. The van der Waals surface area contributed by atoms with Crippen LogP contribution in [-0.2, 0) is 9.59 Å². The smallest absolute Gasteiger partial charge is 0.244 e. The Hall–Kier alpha value is -1.10. The van der Waals surface area contributed by atoms with Crippen molar-refractivity contribution in [2.24, 2.45) is 0 Å². The van der Waals surface area contributed by atoms with Crippen molar-refractivity contribution in [3.8, 4) is 0 Å². The first kappa shape index (κ1) is 15.3. The maximum absolute atomic E-state index is 12.5. The van der Waals surface area contributed by atoms with Gasteiger partial charge < -0.3 is 15.5 Å². The van der Waals surface area contributed by atoms with Crippen LogP contribution in [0.5, 0.6) is 0 Å². The molecule has 0 saturated carbocycles. The predicted molar refractivity (Wildman–Crippen MR) is 78.3 cm³/mol. The van der Waals surface area contributed by atoms with Crippen LogP contribution >= 0.6 is 0 Å². The van der Waals surface area contributed by atoms with Crippen LogP contribution in [0.25, 0.3) is 0 Å². The lowest BCUT2D eigenvalue weighted by molar-refractivity contribution is -0.138. The summed E-state index contributed by atoms with van der Waals surface area (Å²) in [5.74, 6) is 0.0395. The van der Waals surface area contributed by atoms with Gasteiger partial charge >= 0.3 is 0 Å². The molecule has 2 atom stereocenters. The van der Waals surface area contributed by atoms with Crippen LogP contribution < -0.4 is 10.6 Å². The molecular formula is C15H27N3O2. The lowest BCUT2D eigenvalue weighted by atomic mass is 9.93. The fraction of sp³-hybridized carbons (Fsp3) is 0.867. The summed E-state index contributed by atoms with van der Waals surface area (Å²) in [5.41, 5.74) is -0.462. The minimum atomic E-state index is -0.462. The van der Waals surface area contributed by atoms with E-state index in [2.05, 4.69) is 10.6 Å². The quantitative estimate of drug-likeness (QED) is 0.809. The van der Waals surface area contributed by atoms with Gasteiger partial charge in [0, 0.05) is 13.1 Å². The average Bonchev–Trinajstić information content (AvgIpc) is 2.97. The van der Waals surface area contributed by atoms with Crippen LogP contribution in [0.4, 0.5) is 0 Å². The number of hydrogen-bond donors (Lipinski definition) is 2. The Morgan fingerprint density at radius 2 is 1.95 bits per heavy atom. The van der Waals surface area contributed by atoms with Gasteiger partial charge in [-0.1, -0.05) is 6.92 Å². The van der Waals surface area contributed by atoms with Gasteiger partial charge in [-0.2, -0.15) is 0 Å². The largest absolute Gasteiger partial charge is 0.343 e. The number of piperidine rings is 1. The summed E-state index contributed by atoms with van der Waals surface area (Å²) in [4.78, 5) is 26.7. The molecule has 114 valence electrons. The molecule has 2 aliphatic heterocycles. The molecule has 2 N–H and O–H groups in total. The van der Waals surface area contributed by atoms with Gasteiger partial charge in [0.05, 0.1) is 5.54 Å². The molecule has 2 fully saturated rings. The van der Waals surface area contributed by atoms with Gasteiger partial charge in [-0.05, 0) is 52.0 Å². The zero-order valence-electron chi connectivity index (χ0n) is 12.7. The van der Waals surface area contributed by atoms with Crippen molar-refractivity contribution in [1.29, 1.82) is 0 Å². The highest BCUT2D eigenvalue weighted by molar-refractivity contribution is 5.92. The van der Waals surface area contributed by atoms with Gasteiger partial charge in [0.1, 0.15) is 6.04 Å². The molecule has 2 aliphatic rings. The fourth-order valence-corrected chi connectivity index (χ4v) is 3.25. The van der Waals surface area contributed by atoms with Crippen molar-refractivity contribution < 1.29 is 9.59 Å². The van der Waals surface area contributed by atoms with Gasteiger partial charge in [0.25, 0.3) is 0 Å². The SMILES string of the molecule is CCC1(C(=O)NC(C)C(=O)N2CCCCC2)CCCN1. The van der Waals surface area contributed by atoms with E-state index < -0.39 is 11.6 Å². The summed E-state index contributed by atoms with van der Waals surface area (Å²) in [6.45, 7) is 6.37. The molecule has 5 heteroatoms. The molecule has 20 heavy (non-hydrogen) atoms.